The van der Waals surface area contributed by atoms with Crippen LogP contribution in [0.3, 0.4) is 0 Å². The van der Waals surface area contributed by atoms with Crippen molar-refractivity contribution < 1.29 is 23.5 Å². The molecule has 0 bridgehead atoms. The zero-order valence-corrected chi connectivity index (χ0v) is 14.6. The first kappa shape index (κ1) is 18.4. The minimum Gasteiger partial charge on any atom is -0.465 e. The lowest BCUT2D eigenvalue weighted by Crippen LogP contribution is -2.39. The van der Waals surface area contributed by atoms with Crippen molar-refractivity contribution >= 4 is 29.3 Å². The number of esters is 1. The number of anilines is 2. The molecule has 0 radical (unpaired) electrons. The van der Waals surface area contributed by atoms with Crippen molar-refractivity contribution in [3.05, 3.63) is 59.9 Å². The van der Waals surface area contributed by atoms with Crippen LogP contribution in [0.2, 0.25) is 0 Å². The third-order valence-corrected chi connectivity index (χ3v) is 4.14. The highest BCUT2D eigenvalue weighted by Gasteiger charge is 2.31. The van der Waals surface area contributed by atoms with Gasteiger partial charge in [0.1, 0.15) is 5.82 Å². The zero-order valence-electron chi connectivity index (χ0n) is 14.6. The molecule has 0 saturated carbocycles. The third kappa shape index (κ3) is 4.41. The van der Waals surface area contributed by atoms with E-state index in [1.54, 1.807) is 18.2 Å². The van der Waals surface area contributed by atoms with E-state index in [1.807, 2.05) is 0 Å². The Labute approximate surface area is 155 Å². The number of benzene rings is 2. The highest BCUT2D eigenvalue weighted by molar-refractivity contribution is 5.98. The van der Waals surface area contributed by atoms with Gasteiger partial charge in [-0.15, -0.1) is 0 Å². The number of nitrogens with one attached hydrogen (secondary N) is 2. The molecule has 3 amide bonds. The smallest absolute Gasteiger partial charge is 0.337 e. The van der Waals surface area contributed by atoms with Gasteiger partial charge in [-0.25, -0.2) is 14.0 Å². The van der Waals surface area contributed by atoms with Gasteiger partial charge in [0.25, 0.3) is 0 Å². The van der Waals surface area contributed by atoms with Crippen molar-refractivity contribution in [2.24, 2.45) is 0 Å². The van der Waals surface area contributed by atoms with Crippen LogP contribution in [-0.2, 0) is 9.53 Å². The zero-order chi connectivity index (χ0) is 19.4. The highest BCUT2D eigenvalue weighted by atomic mass is 19.1. The molecular formula is C19H18FN3O4. The molecule has 0 aliphatic carbocycles. The molecule has 1 heterocycles. The van der Waals surface area contributed by atoms with Crippen LogP contribution < -0.4 is 15.5 Å². The van der Waals surface area contributed by atoms with E-state index in [0.717, 1.165) is 0 Å². The fourth-order valence-electron chi connectivity index (χ4n) is 2.86. The number of amides is 3. The fourth-order valence-corrected chi connectivity index (χ4v) is 2.86. The maximum absolute atomic E-state index is 13.4. The second-order valence-electron chi connectivity index (χ2n) is 6.05. The molecule has 8 heteroatoms. The van der Waals surface area contributed by atoms with E-state index < -0.39 is 23.9 Å². The first-order chi connectivity index (χ1) is 13.0. The molecule has 2 aromatic carbocycles. The van der Waals surface area contributed by atoms with Gasteiger partial charge in [0, 0.05) is 24.3 Å². The molecule has 1 aliphatic heterocycles. The SMILES string of the molecule is COC(=O)c1ccc(NC(=O)N[C@@H]2CC(=O)N(c3cccc(F)c3)C2)cc1. The van der Waals surface area contributed by atoms with Crippen molar-refractivity contribution in [3.8, 4) is 0 Å². The molecule has 140 valence electrons. The minimum atomic E-state index is -0.472. The maximum Gasteiger partial charge on any atom is 0.337 e. The van der Waals surface area contributed by atoms with E-state index in [2.05, 4.69) is 15.4 Å². The number of methoxy groups -OCH3 is 1. The molecule has 27 heavy (non-hydrogen) atoms. The van der Waals surface area contributed by atoms with Crippen LogP contribution in [0.4, 0.5) is 20.6 Å². The van der Waals surface area contributed by atoms with Crippen molar-refractivity contribution in [1.82, 2.24) is 5.32 Å². The quantitative estimate of drug-likeness (QED) is 0.809. The lowest BCUT2D eigenvalue weighted by molar-refractivity contribution is -0.117. The van der Waals surface area contributed by atoms with Gasteiger partial charge in [-0.05, 0) is 42.5 Å². The van der Waals surface area contributed by atoms with Crippen molar-refractivity contribution in [2.75, 3.05) is 23.9 Å². The summed E-state index contributed by atoms with van der Waals surface area (Å²) in [4.78, 5) is 37.1. The van der Waals surface area contributed by atoms with E-state index in [0.29, 0.717) is 16.9 Å². The van der Waals surface area contributed by atoms with Gasteiger partial charge in [0.2, 0.25) is 5.91 Å². The molecule has 2 N–H and O–H groups in total. The van der Waals surface area contributed by atoms with Crippen LogP contribution in [-0.4, -0.2) is 37.6 Å². The second kappa shape index (κ2) is 7.86. The van der Waals surface area contributed by atoms with Crippen molar-refractivity contribution in [3.63, 3.8) is 0 Å². The number of ether oxygens (including phenoxy) is 1. The number of hydrogen-bond donors (Lipinski definition) is 2. The van der Waals surface area contributed by atoms with Crippen LogP contribution >= 0.6 is 0 Å². The topological polar surface area (TPSA) is 87.7 Å². The minimum absolute atomic E-state index is 0.130. The molecule has 2 aromatic rings. The van der Waals surface area contributed by atoms with Gasteiger partial charge in [-0.1, -0.05) is 6.07 Å². The molecule has 1 saturated heterocycles. The van der Waals surface area contributed by atoms with Gasteiger partial charge >= 0.3 is 12.0 Å². The summed E-state index contributed by atoms with van der Waals surface area (Å²) in [7, 11) is 1.29. The Morgan fingerprint density at radius 1 is 1.19 bits per heavy atom. The summed E-state index contributed by atoms with van der Waals surface area (Å²) in [5.41, 5.74) is 1.32. The van der Waals surface area contributed by atoms with E-state index >= 15 is 0 Å². The van der Waals surface area contributed by atoms with Crippen LogP contribution in [0.1, 0.15) is 16.8 Å². The standard InChI is InChI=1S/C19H18FN3O4/c1-27-18(25)12-5-7-14(8-6-12)21-19(26)22-15-10-17(24)23(11-15)16-4-2-3-13(20)9-16/h2-9,15H,10-11H2,1H3,(H2,21,22,26)/t15-/m1/s1. The number of hydrogen-bond acceptors (Lipinski definition) is 4. The van der Waals surface area contributed by atoms with Crippen LogP contribution in [0.5, 0.6) is 0 Å². The van der Waals surface area contributed by atoms with Gasteiger partial charge in [0.15, 0.2) is 0 Å². The lowest BCUT2D eigenvalue weighted by atomic mass is 10.2. The molecule has 1 fully saturated rings. The first-order valence-corrected chi connectivity index (χ1v) is 8.28. The molecule has 7 nitrogen and oxygen atoms in total. The number of carbonyl (C=O) groups excluding carboxylic acids is 3. The average molecular weight is 371 g/mol. The van der Waals surface area contributed by atoms with Crippen molar-refractivity contribution in [2.45, 2.75) is 12.5 Å². The second-order valence-corrected chi connectivity index (χ2v) is 6.05. The van der Waals surface area contributed by atoms with Crippen LogP contribution in [0.15, 0.2) is 48.5 Å². The summed E-state index contributed by atoms with van der Waals surface area (Å²) in [5.74, 6) is -1.08. The summed E-state index contributed by atoms with van der Waals surface area (Å²) in [6, 6.07) is 11.1. The average Bonchev–Trinajstić information content (AvgIpc) is 3.01. The Bertz CT molecular complexity index is 870. The fraction of sp³-hybridized carbons (Fsp3) is 0.211. The monoisotopic (exact) mass is 371 g/mol. The number of urea groups is 1. The predicted octanol–water partition coefficient (Wildman–Crippen LogP) is 2.54. The molecule has 3 rings (SSSR count). The number of halogens is 1. The number of rotatable bonds is 4. The molecular weight excluding hydrogens is 353 g/mol. The Kier molecular flexibility index (Phi) is 5.35. The largest absolute Gasteiger partial charge is 0.465 e. The Balaban J connectivity index is 1.57. The Morgan fingerprint density at radius 3 is 2.59 bits per heavy atom. The molecule has 0 unspecified atom stereocenters. The summed E-state index contributed by atoms with van der Waals surface area (Å²) in [6.45, 7) is 0.261. The van der Waals surface area contributed by atoms with Crippen LogP contribution in [0, 0.1) is 5.82 Å². The summed E-state index contributed by atoms with van der Waals surface area (Å²) in [6.07, 6.45) is 0.130. The normalized spacial score (nSPS) is 16.1. The first-order valence-electron chi connectivity index (χ1n) is 8.28. The third-order valence-electron chi connectivity index (χ3n) is 4.14. The Morgan fingerprint density at radius 2 is 1.93 bits per heavy atom. The van der Waals surface area contributed by atoms with Gasteiger partial charge in [0.05, 0.1) is 18.7 Å². The molecule has 0 spiro atoms. The number of carbonyl (C=O) groups is 3. The van der Waals surface area contributed by atoms with Gasteiger partial charge < -0.3 is 20.3 Å². The van der Waals surface area contributed by atoms with Crippen molar-refractivity contribution in [1.29, 1.82) is 0 Å². The number of nitrogens with zero attached hydrogens (tertiary/aromatic N) is 1. The highest BCUT2D eigenvalue weighted by Crippen LogP contribution is 2.22. The van der Waals surface area contributed by atoms with E-state index in [9.17, 15) is 18.8 Å². The predicted molar refractivity (Wildman–Crippen MR) is 97.1 cm³/mol. The molecule has 1 atom stereocenters. The van der Waals surface area contributed by atoms with E-state index in [4.69, 9.17) is 0 Å². The summed E-state index contributed by atoms with van der Waals surface area (Å²) in [5, 5.41) is 5.36. The van der Waals surface area contributed by atoms with E-state index in [-0.39, 0.29) is 18.9 Å². The summed E-state index contributed by atoms with van der Waals surface area (Å²) < 4.78 is 18.0. The Hall–Kier alpha value is -3.42. The van der Waals surface area contributed by atoms with Gasteiger partial charge in [-0.3, -0.25) is 4.79 Å². The molecule has 0 aromatic heterocycles. The molecule has 1 aliphatic rings. The van der Waals surface area contributed by atoms with Gasteiger partial charge in [-0.2, -0.15) is 0 Å². The lowest BCUT2D eigenvalue weighted by Gasteiger charge is -2.17. The van der Waals surface area contributed by atoms with Crippen LogP contribution in [0.25, 0.3) is 0 Å². The van der Waals surface area contributed by atoms with E-state index in [1.165, 1.54) is 42.3 Å². The summed E-state index contributed by atoms with van der Waals surface area (Å²) >= 11 is 0. The maximum atomic E-state index is 13.4.